The number of ether oxygens (including phenoxy) is 4. The second-order valence-electron chi connectivity index (χ2n) is 11.1. The molecule has 0 bridgehead atoms. The quantitative estimate of drug-likeness (QED) is 0.428. The third-order valence-corrected chi connectivity index (χ3v) is 9.77. The van der Waals surface area contributed by atoms with Crippen molar-refractivity contribution in [3.05, 3.63) is 45.0 Å². The molecule has 4 atom stereocenters. The molecule has 1 saturated heterocycles. The molecule has 0 aliphatic carbocycles. The highest BCUT2D eigenvalue weighted by atomic mass is 32.2. The number of carbonyl (C=O) groups is 2. The minimum atomic E-state index is -0.850. The van der Waals surface area contributed by atoms with Gasteiger partial charge in [-0.05, 0) is 76.0 Å². The maximum Gasteiger partial charge on any atom is 0.386 e. The number of nitrogens with zero attached hydrogens (tertiary/aromatic N) is 2. The van der Waals surface area contributed by atoms with Crippen LogP contribution in [0, 0.1) is 27.7 Å². The molecule has 0 radical (unpaired) electrons. The van der Waals surface area contributed by atoms with E-state index in [4.69, 9.17) is 18.9 Å². The Bertz CT molecular complexity index is 1380. The average Bonchev–Trinajstić information content (AvgIpc) is 3.33. The van der Waals surface area contributed by atoms with Crippen molar-refractivity contribution in [3.63, 3.8) is 0 Å². The van der Waals surface area contributed by atoms with Gasteiger partial charge in [0, 0.05) is 29.0 Å². The molecule has 3 aliphatic rings. The van der Waals surface area contributed by atoms with Crippen molar-refractivity contribution < 1.29 is 33.6 Å². The molecule has 0 spiro atoms. The van der Waals surface area contributed by atoms with Gasteiger partial charge in [0.2, 0.25) is 6.79 Å². The van der Waals surface area contributed by atoms with E-state index in [1.807, 2.05) is 34.9 Å². The standard InChI is InChI=1S/C30H38N2O7S/c1-14-11-19-9-10-32-20(21-16(3)15(2)17(4)27-28(21)39-13-38-27)12-37-29(34)30(35)40-18(5)23(32)24(31(6)7)22(19)25(33)26(14)36-8/h11,18,20,23-24,33H,9-10,12-13H2,1-8H3. The zero-order valence-corrected chi connectivity index (χ0v) is 25.2. The average molecular weight is 571 g/mol. The minimum Gasteiger partial charge on any atom is -0.504 e. The minimum absolute atomic E-state index is 0.0156. The molecule has 1 fully saturated rings. The molecule has 40 heavy (non-hydrogen) atoms. The van der Waals surface area contributed by atoms with Crippen molar-refractivity contribution in [1.29, 1.82) is 0 Å². The van der Waals surface area contributed by atoms with Crippen molar-refractivity contribution in [1.82, 2.24) is 9.80 Å². The van der Waals surface area contributed by atoms with E-state index in [0.717, 1.165) is 50.7 Å². The molecule has 9 nitrogen and oxygen atoms in total. The first kappa shape index (κ1) is 28.6. The molecule has 216 valence electrons. The number of thioether (sulfide) groups is 1. The summed E-state index contributed by atoms with van der Waals surface area (Å²) in [6.45, 7) is 10.7. The number of likely N-dealkylation sites (N-methyl/N-ethyl adjacent to an activating group) is 1. The van der Waals surface area contributed by atoms with Crippen LogP contribution in [0.25, 0.3) is 0 Å². The van der Waals surface area contributed by atoms with Gasteiger partial charge in [-0.3, -0.25) is 9.69 Å². The third kappa shape index (κ3) is 4.50. The number of aromatic hydroxyl groups is 1. The highest BCUT2D eigenvalue weighted by Crippen LogP contribution is 2.51. The zero-order valence-electron chi connectivity index (χ0n) is 24.4. The maximum absolute atomic E-state index is 13.0. The normalized spacial score (nSPS) is 24.9. The number of phenolic OH excluding ortho intramolecular Hbond substituents is 1. The Kier molecular flexibility index (Phi) is 7.71. The Labute approximate surface area is 239 Å². The molecule has 2 aromatic rings. The fourth-order valence-corrected chi connectivity index (χ4v) is 7.63. The number of methoxy groups -OCH3 is 1. The van der Waals surface area contributed by atoms with Crippen LogP contribution in [0.2, 0.25) is 0 Å². The lowest BCUT2D eigenvalue weighted by Gasteiger charge is -2.45. The van der Waals surface area contributed by atoms with E-state index in [9.17, 15) is 14.7 Å². The summed E-state index contributed by atoms with van der Waals surface area (Å²) in [5.74, 6) is 1.08. The fourth-order valence-electron chi connectivity index (χ4n) is 6.69. The Morgan fingerprint density at radius 2 is 1.73 bits per heavy atom. The van der Waals surface area contributed by atoms with Gasteiger partial charge in [0.25, 0.3) is 5.12 Å². The predicted octanol–water partition coefficient (Wildman–Crippen LogP) is 4.14. The molecule has 0 saturated carbocycles. The summed E-state index contributed by atoms with van der Waals surface area (Å²) in [6.07, 6.45) is 0.647. The monoisotopic (exact) mass is 570 g/mol. The first-order valence-electron chi connectivity index (χ1n) is 13.6. The van der Waals surface area contributed by atoms with E-state index in [2.05, 4.69) is 29.7 Å². The molecule has 3 heterocycles. The van der Waals surface area contributed by atoms with E-state index in [0.29, 0.717) is 30.2 Å². The first-order valence-corrected chi connectivity index (χ1v) is 14.4. The van der Waals surface area contributed by atoms with Gasteiger partial charge in [-0.15, -0.1) is 0 Å². The summed E-state index contributed by atoms with van der Waals surface area (Å²) < 4.78 is 23.3. The molecule has 1 N–H and O–H groups in total. The maximum atomic E-state index is 13.0. The van der Waals surface area contributed by atoms with E-state index in [1.54, 1.807) is 7.11 Å². The first-order chi connectivity index (χ1) is 19.0. The lowest BCUT2D eigenvalue weighted by atomic mass is 9.88. The third-order valence-electron chi connectivity index (χ3n) is 8.74. The number of benzene rings is 2. The molecule has 4 unspecified atom stereocenters. The van der Waals surface area contributed by atoms with Gasteiger partial charge >= 0.3 is 5.97 Å². The van der Waals surface area contributed by atoms with Gasteiger partial charge < -0.3 is 29.0 Å². The Balaban J connectivity index is 1.77. The van der Waals surface area contributed by atoms with E-state index in [1.165, 1.54) is 0 Å². The van der Waals surface area contributed by atoms with Crippen LogP contribution in [0.3, 0.4) is 0 Å². The number of phenols is 1. The van der Waals surface area contributed by atoms with Crippen molar-refractivity contribution >= 4 is 22.8 Å². The van der Waals surface area contributed by atoms with Crippen LogP contribution in [-0.4, -0.2) is 78.4 Å². The predicted molar refractivity (Wildman–Crippen MR) is 153 cm³/mol. The largest absolute Gasteiger partial charge is 0.504 e. The smallest absolute Gasteiger partial charge is 0.386 e. The molecule has 5 rings (SSSR count). The van der Waals surface area contributed by atoms with Crippen LogP contribution in [0.15, 0.2) is 6.07 Å². The van der Waals surface area contributed by atoms with Gasteiger partial charge in [-0.2, -0.15) is 0 Å². The molecule has 0 amide bonds. The van der Waals surface area contributed by atoms with Crippen LogP contribution in [0.5, 0.6) is 23.0 Å². The van der Waals surface area contributed by atoms with Gasteiger partial charge in [-0.1, -0.05) is 24.8 Å². The second-order valence-corrected chi connectivity index (χ2v) is 12.5. The van der Waals surface area contributed by atoms with Crippen molar-refractivity contribution in [2.24, 2.45) is 0 Å². The van der Waals surface area contributed by atoms with Crippen LogP contribution < -0.4 is 14.2 Å². The lowest BCUT2D eigenvalue weighted by Crippen LogP contribution is -2.51. The Hall–Kier alpha value is -2.95. The number of fused-ring (bicyclic) bond motifs is 3. The van der Waals surface area contributed by atoms with Gasteiger partial charge in [-0.25, -0.2) is 4.79 Å². The van der Waals surface area contributed by atoms with Crippen LogP contribution >= 0.6 is 11.8 Å². The number of rotatable bonds is 3. The van der Waals surface area contributed by atoms with Crippen molar-refractivity contribution in [2.75, 3.05) is 41.1 Å². The number of esters is 1. The van der Waals surface area contributed by atoms with Gasteiger partial charge in [0.15, 0.2) is 23.0 Å². The summed E-state index contributed by atoms with van der Waals surface area (Å²) in [7, 11) is 5.51. The summed E-state index contributed by atoms with van der Waals surface area (Å²) in [5.41, 5.74) is 6.72. The number of carbonyl (C=O) groups excluding carboxylic acids is 2. The number of hydrogen-bond acceptors (Lipinski definition) is 10. The van der Waals surface area contributed by atoms with E-state index < -0.39 is 17.1 Å². The highest BCUT2D eigenvalue weighted by Gasteiger charge is 2.47. The highest BCUT2D eigenvalue weighted by molar-refractivity contribution is 8.15. The number of aryl methyl sites for hydroxylation is 1. The van der Waals surface area contributed by atoms with Crippen molar-refractivity contribution in [3.8, 4) is 23.0 Å². The summed E-state index contributed by atoms with van der Waals surface area (Å²) in [6, 6.07) is 1.06. The van der Waals surface area contributed by atoms with E-state index in [-0.39, 0.29) is 36.5 Å². The van der Waals surface area contributed by atoms with E-state index >= 15 is 0 Å². The van der Waals surface area contributed by atoms with Gasteiger partial charge in [0.05, 0.1) is 19.2 Å². The summed E-state index contributed by atoms with van der Waals surface area (Å²) in [4.78, 5) is 30.2. The molecule has 2 aromatic carbocycles. The van der Waals surface area contributed by atoms with Crippen molar-refractivity contribution in [2.45, 2.75) is 64.4 Å². The summed E-state index contributed by atoms with van der Waals surface area (Å²) in [5, 5.41) is 10.6. The van der Waals surface area contributed by atoms with Gasteiger partial charge in [0.1, 0.15) is 6.61 Å². The second kappa shape index (κ2) is 10.8. The van der Waals surface area contributed by atoms with Crippen LogP contribution in [-0.2, 0) is 20.7 Å². The fraction of sp³-hybridized carbons (Fsp3) is 0.533. The summed E-state index contributed by atoms with van der Waals surface area (Å²) >= 11 is 0.988. The van der Waals surface area contributed by atoms with Crippen LogP contribution in [0.4, 0.5) is 0 Å². The molecule has 10 heteroatoms. The Morgan fingerprint density at radius 3 is 2.40 bits per heavy atom. The molecule has 0 aromatic heterocycles. The lowest BCUT2D eigenvalue weighted by molar-refractivity contribution is -0.151. The Morgan fingerprint density at radius 1 is 1.02 bits per heavy atom. The molecular formula is C30H38N2O7S. The topological polar surface area (TPSA) is 97.8 Å². The van der Waals surface area contributed by atoms with Crippen LogP contribution in [0.1, 0.15) is 58.0 Å². The number of hydrogen-bond donors (Lipinski definition) is 1. The molecular weight excluding hydrogens is 532 g/mol. The SMILES string of the molecule is COc1c(C)cc2c(c1O)C(N(C)C)C1C(C)SC(=O)C(=O)OCC(c3c(C)c(C)c(C)c4c3OCO4)N1CC2. The number of cyclic esters (lactones) is 1. The zero-order chi connectivity index (χ0) is 29.0. The molecule has 3 aliphatic heterocycles.